The van der Waals surface area contributed by atoms with Crippen LogP contribution in [0.1, 0.15) is 6.42 Å². The number of nitro benzene ring substituents is 1. The summed E-state index contributed by atoms with van der Waals surface area (Å²) in [4.78, 5) is 12.3. The van der Waals surface area contributed by atoms with Crippen molar-refractivity contribution in [3.63, 3.8) is 0 Å². The maximum absolute atomic E-state index is 13.6. The van der Waals surface area contributed by atoms with Crippen molar-refractivity contribution in [1.29, 1.82) is 0 Å². The molecule has 5 nitrogen and oxygen atoms in total. The predicted molar refractivity (Wildman–Crippen MR) is 70.4 cm³/mol. The van der Waals surface area contributed by atoms with Gasteiger partial charge in [-0.3, -0.25) is 10.1 Å². The highest BCUT2D eigenvalue weighted by atomic mass is 79.9. The van der Waals surface area contributed by atoms with Gasteiger partial charge in [-0.2, -0.15) is 0 Å². The van der Waals surface area contributed by atoms with Crippen LogP contribution in [0.25, 0.3) is 0 Å². The second kappa shape index (κ2) is 5.19. The van der Waals surface area contributed by atoms with Gasteiger partial charge in [0.1, 0.15) is 11.5 Å². The van der Waals surface area contributed by atoms with Crippen molar-refractivity contribution in [1.82, 2.24) is 5.32 Å². The molecule has 1 saturated heterocycles. The lowest BCUT2D eigenvalue weighted by atomic mass is 10.2. The quantitative estimate of drug-likeness (QED) is 0.686. The smallest absolute Gasteiger partial charge is 0.293 e. The van der Waals surface area contributed by atoms with Gasteiger partial charge in [0.15, 0.2) is 0 Å². The van der Waals surface area contributed by atoms with E-state index >= 15 is 0 Å². The molecule has 1 N–H and O–H groups in total. The van der Waals surface area contributed by atoms with Crippen LogP contribution in [0.4, 0.5) is 15.8 Å². The number of hydrogen-bond acceptors (Lipinski definition) is 4. The second-order valence-corrected chi connectivity index (χ2v) is 5.12. The number of anilines is 1. The number of hydrogen-bond donors (Lipinski definition) is 1. The Balaban J connectivity index is 2.41. The molecule has 0 bridgehead atoms. The second-order valence-electron chi connectivity index (χ2n) is 4.27. The molecule has 98 valence electrons. The maximum atomic E-state index is 13.6. The van der Waals surface area contributed by atoms with Gasteiger partial charge in [-0.05, 0) is 28.9 Å². The Morgan fingerprint density at radius 2 is 2.33 bits per heavy atom. The van der Waals surface area contributed by atoms with Crippen LogP contribution in [0.5, 0.6) is 0 Å². The monoisotopic (exact) mass is 317 g/mol. The highest BCUT2D eigenvalue weighted by molar-refractivity contribution is 9.10. The number of nitro groups is 1. The number of likely N-dealkylation sites (N-methyl/N-ethyl adjacent to an activating group) is 1. The minimum Gasteiger partial charge on any atom is -0.365 e. The van der Waals surface area contributed by atoms with Crippen LogP contribution in [-0.4, -0.2) is 31.1 Å². The molecule has 0 spiro atoms. The molecule has 0 amide bonds. The number of nitrogens with zero attached hydrogens (tertiary/aromatic N) is 2. The Bertz CT molecular complexity index is 478. The predicted octanol–water partition coefficient (Wildman–Crippen LogP) is 2.29. The topological polar surface area (TPSA) is 58.4 Å². The third-order valence-corrected chi connectivity index (χ3v) is 3.78. The fourth-order valence-electron chi connectivity index (χ4n) is 2.12. The lowest BCUT2D eigenvalue weighted by molar-refractivity contribution is -0.384. The van der Waals surface area contributed by atoms with Crippen LogP contribution in [0, 0.1) is 15.9 Å². The summed E-state index contributed by atoms with van der Waals surface area (Å²) < 4.78 is 13.7. The highest BCUT2D eigenvalue weighted by Crippen LogP contribution is 2.34. The lowest BCUT2D eigenvalue weighted by Gasteiger charge is -2.25. The van der Waals surface area contributed by atoms with E-state index in [4.69, 9.17) is 0 Å². The Morgan fingerprint density at radius 3 is 2.89 bits per heavy atom. The van der Waals surface area contributed by atoms with E-state index in [0.717, 1.165) is 19.5 Å². The van der Waals surface area contributed by atoms with E-state index in [2.05, 4.69) is 21.2 Å². The molecule has 0 aromatic heterocycles. The molecule has 0 radical (unpaired) electrons. The molecule has 1 aromatic rings. The number of nitrogens with one attached hydrogen (secondary N) is 1. The molecular formula is C11H13BrFN3O2. The first-order valence-electron chi connectivity index (χ1n) is 5.57. The van der Waals surface area contributed by atoms with Gasteiger partial charge in [0, 0.05) is 31.8 Å². The Kier molecular flexibility index (Phi) is 3.82. The van der Waals surface area contributed by atoms with E-state index in [9.17, 15) is 14.5 Å². The molecule has 1 unspecified atom stereocenters. The first-order chi connectivity index (χ1) is 8.50. The lowest BCUT2D eigenvalue weighted by Crippen LogP contribution is -2.33. The molecule has 1 aliphatic rings. The molecule has 7 heteroatoms. The molecule has 1 atom stereocenters. The van der Waals surface area contributed by atoms with Gasteiger partial charge in [0.2, 0.25) is 0 Å². The van der Waals surface area contributed by atoms with Gasteiger partial charge in [-0.1, -0.05) is 0 Å². The molecular weight excluding hydrogens is 305 g/mol. The molecule has 18 heavy (non-hydrogen) atoms. The zero-order valence-electron chi connectivity index (χ0n) is 9.82. The summed E-state index contributed by atoms with van der Waals surface area (Å²) in [6.45, 7) is 1.63. The zero-order chi connectivity index (χ0) is 13.3. The first kappa shape index (κ1) is 13.2. The van der Waals surface area contributed by atoms with Crippen LogP contribution in [0.15, 0.2) is 16.6 Å². The van der Waals surface area contributed by atoms with Crippen molar-refractivity contribution in [3.05, 3.63) is 32.5 Å². The van der Waals surface area contributed by atoms with E-state index in [0.29, 0.717) is 5.69 Å². The van der Waals surface area contributed by atoms with Crippen LogP contribution < -0.4 is 10.2 Å². The van der Waals surface area contributed by atoms with Crippen molar-refractivity contribution in [2.45, 2.75) is 12.5 Å². The summed E-state index contributed by atoms with van der Waals surface area (Å²) in [5.74, 6) is -0.492. The molecule has 2 rings (SSSR count). The van der Waals surface area contributed by atoms with Gasteiger partial charge >= 0.3 is 0 Å². The normalized spacial score (nSPS) is 18.9. The summed E-state index contributed by atoms with van der Waals surface area (Å²) in [5, 5.41) is 14.2. The van der Waals surface area contributed by atoms with Gasteiger partial charge in [-0.15, -0.1) is 0 Å². The van der Waals surface area contributed by atoms with Gasteiger partial charge in [0.25, 0.3) is 5.69 Å². The van der Waals surface area contributed by atoms with E-state index in [1.54, 1.807) is 11.9 Å². The summed E-state index contributed by atoms with van der Waals surface area (Å²) in [5.41, 5.74) is 0.229. The molecule has 0 aliphatic carbocycles. The van der Waals surface area contributed by atoms with Crippen LogP contribution in [0.3, 0.4) is 0 Å². The molecule has 1 fully saturated rings. The average Bonchev–Trinajstić information content (AvgIpc) is 2.84. The molecule has 0 saturated carbocycles. The fraction of sp³-hybridized carbons (Fsp3) is 0.455. The first-order valence-corrected chi connectivity index (χ1v) is 6.37. The third kappa shape index (κ3) is 2.46. The van der Waals surface area contributed by atoms with Crippen LogP contribution >= 0.6 is 15.9 Å². The fourth-order valence-corrected chi connectivity index (χ4v) is 2.45. The van der Waals surface area contributed by atoms with E-state index in [-0.39, 0.29) is 16.2 Å². The molecule has 1 aromatic carbocycles. The van der Waals surface area contributed by atoms with E-state index in [1.165, 1.54) is 12.1 Å². The number of benzene rings is 1. The Labute approximate surface area is 112 Å². The zero-order valence-corrected chi connectivity index (χ0v) is 11.4. The van der Waals surface area contributed by atoms with Crippen LogP contribution in [0.2, 0.25) is 0 Å². The van der Waals surface area contributed by atoms with Gasteiger partial charge in [0.05, 0.1) is 9.40 Å². The van der Waals surface area contributed by atoms with Crippen LogP contribution in [-0.2, 0) is 0 Å². The van der Waals surface area contributed by atoms with Crippen molar-refractivity contribution >= 4 is 27.3 Å². The Morgan fingerprint density at radius 1 is 1.61 bits per heavy atom. The number of rotatable bonds is 3. The van der Waals surface area contributed by atoms with E-state index < -0.39 is 10.7 Å². The summed E-state index contributed by atoms with van der Waals surface area (Å²) >= 11 is 2.97. The average molecular weight is 318 g/mol. The standard InChI is InChI=1S/C11H13BrFN3O2/c1-15(7-2-3-14-6-7)10-5-9(13)8(12)4-11(10)16(17)18/h4-5,7,14H,2-3,6H2,1H3. The summed E-state index contributed by atoms with van der Waals surface area (Å²) in [7, 11) is 1.76. The summed E-state index contributed by atoms with van der Waals surface area (Å²) in [6, 6.07) is 2.58. The van der Waals surface area contributed by atoms with Crippen molar-refractivity contribution in [3.8, 4) is 0 Å². The highest BCUT2D eigenvalue weighted by Gasteiger charge is 2.26. The summed E-state index contributed by atoms with van der Waals surface area (Å²) in [6.07, 6.45) is 0.894. The minimum atomic E-state index is -0.492. The Hall–Kier alpha value is -1.21. The third-order valence-electron chi connectivity index (χ3n) is 3.18. The minimum absolute atomic E-state index is 0.0855. The van der Waals surface area contributed by atoms with E-state index in [1.807, 2.05) is 0 Å². The molecule has 1 heterocycles. The van der Waals surface area contributed by atoms with Gasteiger partial charge < -0.3 is 10.2 Å². The SMILES string of the molecule is CN(c1cc(F)c(Br)cc1[N+](=O)[O-])C1CCNC1. The van der Waals surface area contributed by atoms with Gasteiger partial charge in [-0.25, -0.2) is 4.39 Å². The largest absolute Gasteiger partial charge is 0.365 e. The van der Waals surface area contributed by atoms with Crippen molar-refractivity contribution in [2.75, 3.05) is 25.0 Å². The van der Waals surface area contributed by atoms with Crippen molar-refractivity contribution < 1.29 is 9.31 Å². The van der Waals surface area contributed by atoms with Crippen molar-refractivity contribution in [2.24, 2.45) is 0 Å². The number of halogens is 2. The molecule has 1 aliphatic heterocycles. The maximum Gasteiger partial charge on any atom is 0.293 e.